The number of benzene rings is 1. The van der Waals surface area contributed by atoms with E-state index in [0.29, 0.717) is 10.9 Å². The Kier molecular flexibility index (Phi) is 4.27. The molecule has 0 amide bonds. The van der Waals surface area contributed by atoms with Crippen molar-refractivity contribution in [1.82, 2.24) is 5.32 Å². The Balaban J connectivity index is 2.40. The van der Waals surface area contributed by atoms with Gasteiger partial charge in [-0.3, -0.25) is 0 Å². The van der Waals surface area contributed by atoms with Crippen LogP contribution in [-0.2, 0) is 0 Å². The molecule has 0 fully saturated rings. The van der Waals surface area contributed by atoms with Crippen LogP contribution in [0.2, 0.25) is 0 Å². The summed E-state index contributed by atoms with van der Waals surface area (Å²) in [5.41, 5.74) is 0.0982. The van der Waals surface area contributed by atoms with Crippen LogP contribution in [0.4, 0.5) is 13.2 Å². The maximum absolute atomic E-state index is 13.7. The Morgan fingerprint density at radius 2 is 1.79 bits per heavy atom. The Morgan fingerprint density at radius 3 is 2.42 bits per heavy atom. The lowest BCUT2D eigenvalue weighted by Crippen LogP contribution is -2.13. The van der Waals surface area contributed by atoms with E-state index < -0.39 is 17.5 Å². The lowest BCUT2D eigenvalue weighted by atomic mass is 10.1. The van der Waals surface area contributed by atoms with Crippen molar-refractivity contribution in [3.8, 4) is 10.4 Å². The second-order valence-electron chi connectivity index (χ2n) is 4.20. The highest BCUT2D eigenvalue weighted by atomic mass is 32.1. The molecule has 1 unspecified atom stereocenters. The van der Waals surface area contributed by atoms with Crippen molar-refractivity contribution in [2.24, 2.45) is 0 Å². The zero-order valence-electron chi connectivity index (χ0n) is 10.6. The molecule has 0 spiro atoms. The minimum atomic E-state index is -1.17. The van der Waals surface area contributed by atoms with Gasteiger partial charge in [0.2, 0.25) is 0 Å². The number of halogens is 3. The molecular weight excluding hydrogens is 271 g/mol. The fraction of sp³-hybridized carbons (Fsp3) is 0.286. The van der Waals surface area contributed by atoms with Crippen LogP contribution in [-0.4, -0.2) is 7.05 Å². The summed E-state index contributed by atoms with van der Waals surface area (Å²) in [6.45, 7) is 2.04. The molecule has 5 heteroatoms. The molecule has 2 rings (SSSR count). The molecule has 102 valence electrons. The predicted octanol–water partition coefficient (Wildman–Crippen LogP) is 4.50. The number of hydrogen-bond acceptors (Lipinski definition) is 2. The van der Waals surface area contributed by atoms with E-state index in [4.69, 9.17) is 0 Å². The van der Waals surface area contributed by atoms with E-state index in [-0.39, 0.29) is 11.6 Å². The van der Waals surface area contributed by atoms with E-state index in [2.05, 4.69) is 5.32 Å². The summed E-state index contributed by atoms with van der Waals surface area (Å²) in [6, 6.07) is 5.29. The van der Waals surface area contributed by atoms with Crippen molar-refractivity contribution in [3.63, 3.8) is 0 Å². The predicted molar refractivity (Wildman–Crippen MR) is 71.7 cm³/mol. The van der Waals surface area contributed by atoms with Gasteiger partial charge < -0.3 is 5.32 Å². The molecule has 0 aliphatic heterocycles. The molecular formula is C14H14F3NS. The van der Waals surface area contributed by atoms with Crippen LogP contribution < -0.4 is 5.32 Å². The lowest BCUT2D eigenvalue weighted by molar-refractivity contribution is 0.496. The van der Waals surface area contributed by atoms with Gasteiger partial charge in [-0.25, -0.2) is 13.2 Å². The summed E-state index contributed by atoms with van der Waals surface area (Å²) in [5, 5.41) is 3.15. The van der Waals surface area contributed by atoms with Gasteiger partial charge in [-0.1, -0.05) is 6.92 Å². The smallest absolute Gasteiger partial charge is 0.161 e. The van der Waals surface area contributed by atoms with E-state index in [1.807, 2.05) is 20.0 Å². The molecule has 1 heterocycles. The van der Waals surface area contributed by atoms with Gasteiger partial charge in [0.15, 0.2) is 11.6 Å². The van der Waals surface area contributed by atoms with Gasteiger partial charge in [0.05, 0.1) is 0 Å². The van der Waals surface area contributed by atoms with Crippen molar-refractivity contribution >= 4 is 11.3 Å². The van der Waals surface area contributed by atoms with E-state index in [1.54, 1.807) is 6.07 Å². The molecule has 0 saturated heterocycles. The number of thiophene rings is 1. The molecule has 1 nitrogen and oxygen atoms in total. The molecule has 0 aliphatic carbocycles. The molecule has 0 bridgehead atoms. The second-order valence-corrected chi connectivity index (χ2v) is 5.31. The normalized spacial score (nSPS) is 12.7. The van der Waals surface area contributed by atoms with Gasteiger partial charge in [-0.2, -0.15) is 0 Å². The first kappa shape index (κ1) is 14.1. The largest absolute Gasteiger partial charge is 0.312 e. The van der Waals surface area contributed by atoms with E-state index >= 15 is 0 Å². The van der Waals surface area contributed by atoms with Crippen LogP contribution in [0, 0.1) is 17.5 Å². The van der Waals surface area contributed by atoms with Crippen LogP contribution in [0.15, 0.2) is 24.3 Å². The van der Waals surface area contributed by atoms with Crippen molar-refractivity contribution < 1.29 is 13.2 Å². The molecule has 0 radical (unpaired) electrons. The molecule has 0 aliphatic rings. The molecule has 1 atom stereocenters. The van der Waals surface area contributed by atoms with Crippen LogP contribution in [0.1, 0.15) is 24.3 Å². The van der Waals surface area contributed by atoms with Gasteiger partial charge >= 0.3 is 0 Å². The van der Waals surface area contributed by atoms with E-state index in [9.17, 15) is 13.2 Å². The van der Waals surface area contributed by atoms with Crippen molar-refractivity contribution in [2.45, 2.75) is 19.4 Å². The third-order valence-corrected chi connectivity index (χ3v) is 4.23. The summed E-state index contributed by atoms with van der Waals surface area (Å²) in [5.74, 6) is -2.95. The van der Waals surface area contributed by atoms with Crippen LogP contribution in [0.3, 0.4) is 0 Å². The molecule has 1 N–H and O–H groups in total. The first-order chi connectivity index (χ1) is 9.06. The molecule has 1 aromatic carbocycles. The van der Waals surface area contributed by atoms with Crippen molar-refractivity contribution in [1.29, 1.82) is 0 Å². The maximum atomic E-state index is 13.7. The molecule has 1 aromatic heterocycles. The standard InChI is InChI=1S/C14H14F3NS/c1-3-12(18-2)14-5-4-13(19-14)8-6-10(16)11(17)7-9(8)15/h4-7,12,18H,3H2,1-2H3. The SMILES string of the molecule is CCC(NC)c1ccc(-c2cc(F)c(F)cc2F)s1. The summed E-state index contributed by atoms with van der Waals surface area (Å²) in [4.78, 5) is 1.64. The molecule has 0 saturated carbocycles. The Morgan fingerprint density at radius 1 is 1.11 bits per heavy atom. The summed E-state index contributed by atoms with van der Waals surface area (Å²) in [6.07, 6.45) is 0.900. The van der Waals surface area contributed by atoms with E-state index in [0.717, 1.165) is 17.4 Å². The minimum absolute atomic E-state index is 0.0982. The second kappa shape index (κ2) is 5.75. The lowest BCUT2D eigenvalue weighted by Gasteiger charge is -2.10. The average Bonchev–Trinajstić information content (AvgIpc) is 2.85. The molecule has 19 heavy (non-hydrogen) atoms. The molecule has 2 aromatic rings. The quantitative estimate of drug-likeness (QED) is 0.815. The average molecular weight is 285 g/mol. The fourth-order valence-corrected chi connectivity index (χ4v) is 3.16. The van der Waals surface area contributed by atoms with Gasteiger partial charge in [0, 0.05) is 27.4 Å². The highest BCUT2D eigenvalue weighted by Gasteiger charge is 2.15. The monoisotopic (exact) mass is 285 g/mol. The first-order valence-electron chi connectivity index (χ1n) is 5.98. The van der Waals surface area contributed by atoms with Gasteiger partial charge in [0.1, 0.15) is 5.82 Å². The van der Waals surface area contributed by atoms with Gasteiger partial charge in [-0.15, -0.1) is 11.3 Å². The highest BCUT2D eigenvalue weighted by Crippen LogP contribution is 2.34. The van der Waals surface area contributed by atoms with E-state index in [1.165, 1.54) is 11.3 Å². The Labute approximate surface area is 114 Å². The number of hydrogen-bond donors (Lipinski definition) is 1. The number of nitrogens with one attached hydrogen (secondary N) is 1. The Bertz CT molecular complexity index is 576. The first-order valence-corrected chi connectivity index (χ1v) is 6.80. The zero-order chi connectivity index (χ0) is 14.0. The number of rotatable bonds is 4. The Hall–Kier alpha value is -1.33. The van der Waals surface area contributed by atoms with Crippen LogP contribution in [0.25, 0.3) is 10.4 Å². The van der Waals surface area contributed by atoms with Crippen molar-refractivity contribution in [2.75, 3.05) is 7.05 Å². The third kappa shape index (κ3) is 2.82. The van der Waals surface area contributed by atoms with Crippen LogP contribution in [0.5, 0.6) is 0 Å². The van der Waals surface area contributed by atoms with Gasteiger partial charge in [-0.05, 0) is 31.7 Å². The fourth-order valence-electron chi connectivity index (χ4n) is 1.94. The minimum Gasteiger partial charge on any atom is -0.312 e. The highest BCUT2D eigenvalue weighted by molar-refractivity contribution is 7.15. The topological polar surface area (TPSA) is 12.0 Å². The zero-order valence-corrected chi connectivity index (χ0v) is 11.5. The summed E-state index contributed by atoms with van der Waals surface area (Å²) < 4.78 is 39.8. The maximum Gasteiger partial charge on any atom is 0.161 e. The van der Waals surface area contributed by atoms with Crippen molar-refractivity contribution in [3.05, 3.63) is 46.6 Å². The summed E-state index contributed by atoms with van der Waals surface area (Å²) in [7, 11) is 1.85. The van der Waals surface area contributed by atoms with Crippen LogP contribution >= 0.6 is 11.3 Å². The third-order valence-electron chi connectivity index (χ3n) is 3.00. The van der Waals surface area contributed by atoms with Gasteiger partial charge in [0.25, 0.3) is 0 Å². The summed E-state index contributed by atoms with van der Waals surface area (Å²) >= 11 is 1.38.